The molecule has 1 fully saturated rings. The maximum atomic E-state index is 12.6. The highest BCUT2D eigenvalue weighted by molar-refractivity contribution is 7.92. The Labute approximate surface area is 180 Å². The van der Waals surface area contributed by atoms with E-state index in [0.29, 0.717) is 11.3 Å². The molecule has 10 nitrogen and oxygen atoms in total. The Morgan fingerprint density at radius 2 is 2.10 bits per heavy atom. The lowest BCUT2D eigenvalue weighted by Crippen LogP contribution is -2.50. The molecule has 11 heteroatoms. The van der Waals surface area contributed by atoms with Gasteiger partial charge in [0, 0.05) is 36.7 Å². The topological polar surface area (TPSA) is 138 Å². The summed E-state index contributed by atoms with van der Waals surface area (Å²) in [6.07, 6.45) is 2.58. The molecule has 1 atom stereocenters. The third kappa shape index (κ3) is 4.60. The first-order valence-electron chi connectivity index (χ1n) is 9.43. The molecule has 2 aliphatic heterocycles. The largest absolute Gasteiger partial charge is 0.384 e. The molecule has 0 spiro atoms. The number of aliphatic hydroxyl groups is 1. The van der Waals surface area contributed by atoms with E-state index in [1.165, 1.54) is 21.9 Å². The van der Waals surface area contributed by atoms with Gasteiger partial charge in [0.15, 0.2) is 14.6 Å². The monoisotopic (exact) mass is 449 g/mol. The number of aromatic nitrogens is 1. The van der Waals surface area contributed by atoms with Gasteiger partial charge in [-0.2, -0.15) is 0 Å². The number of amides is 2. The Balaban J connectivity index is 1.62. The molecule has 1 aromatic heterocycles. The minimum atomic E-state index is -3.84. The summed E-state index contributed by atoms with van der Waals surface area (Å²) in [5.41, 5.74) is 1.78. The zero-order chi connectivity index (χ0) is 22.9. The van der Waals surface area contributed by atoms with Crippen molar-refractivity contribution in [3.05, 3.63) is 23.5 Å². The Bertz CT molecular complexity index is 1130. The van der Waals surface area contributed by atoms with Gasteiger partial charge in [0.25, 0.3) is 5.91 Å². The summed E-state index contributed by atoms with van der Waals surface area (Å²) in [7, 11) is -3.84. The molecule has 2 aliphatic rings. The second-order valence-corrected chi connectivity index (χ2v) is 10.4. The van der Waals surface area contributed by atoms with Crippen LogP contribution >= 0.6 is 0 Å². The lowest BCUT2D eigenvalue weighted by atomic mass is 9.99. The number of nitrogens with one attached hydrogen (secondary N) is 1. The SMILES string of the molecule is CC(CCN1Cc2cc(C#CC#CCC3(O)COC3)cn2C1=O)(C(=O)NO)S(C)(=O)=O. The van der Waals surface area contributed by atoms with E-state index < -0.39 is 26.1 Å². The van der Waals surface area contributed by atoms with Crippen LogP contribution in [0.4, 0.5) is 4.79 Å². The third-order valence-corrected chi connectivity index (χ3v) is 7.53. The van der Waals surface area contributed by atoms with Gasteiger partial charge in [-0.05, 0) is 31.3 Å². The molecule has 0 aliphatic carbocycles. The number of hydroxylamine groups is 1. The number of carbonyl (C=O) groups excluding carboxylic acids is 2. The quantitative estimate of drug-likeness (QED) is 0.302. The van der Waals surface area contributed by atoms with Crippen molar-refractivity contribution in [2.75, 3.05) is 26.0 Å². The molecule has 3 heterocycles. The lowest BCUT2D eigenvalue weighted by molar-refractivity contribution is -0.174. The number of nitrogens with zero attached hydrogens (tertiary/aromatic N) is 2. The Morgan fingerprint density at radius 1 is 1.39 bits per heavy atom. The van der Waals surface area contributed by atoms with Crippen LogP contribution in [0.5, 0.6) is 0 Å². The van der Waals surface area contributed by atoms with Gasteiger partial charge in [-0.1, -0.05) is 11.8 Å². The van der Waals surface area contributed by atoms with E-state index in [9.17, 15) is 23.1 Å². The number of hydrogen-bond donors (Lipinski definition) is 3. The van der Waals surface area contributed by atoms with Gasteiger partial charge in [0.2, 0.25) is 0 Å². The van der Waals surface area contributed by atoms with Crippen molar-refractivity contribution in [2.45, 2.75) is 36.7 Å². The fourth-order valence-electron chi connectivity index (χ4n) is 3.20. The highest BCUT2D eigenvalue weighted by Crippen LogP contribution is 2.25. The number of fused-ring (bicyclic) bond motifs is 1. The Hall–Kier alpha value is -2.83. The average Bonchev–Trinajstić information content (AvgIpc) is 3.21. The summed E-state index contributed by atoms with van der Waals surface area (Å²) >= 11 is 0. The lowest BCUT2D eigenvalue weighted by Gasteiger charge is -2.34. The van der Waals surface area contributed by atoms with Gasteiger partial charge in [-0.3, -0.25) is 14.6 Å². The molecule has 0 bridgehead atoms. The summed E-state index contributed by atoms with van der Waals surface area (Å²) in [6, 6.07) is 1.37. The van der Waals surface area contributed by atoms with Gasteiger partial charge < -0.3 is 14.7 Å². The van der Waals surface area contributed by atoms with Crippen molar-refractivity contribution in [3.63, 3.8) is 0 Å². The van der Waals surface area contributed by atoms with Crippen molar-refractivity contribution in [1.29, 1.82) is 0 Å². The van der Waals surface area contributed by atoms with Crippen LogP contribution in [0.3, 0.4) is 0 Å². The van der Waals surface area contributed by atoms with E-state index in [1.54, 1.807) is 12.3 Å². The van der Waals surface area contributed by atoms with E-state index in [1.807, 2.05) is 0 Å². The molecule has 3 rings (SSSR count). The van der Waals surface area contributed by atoms with Crippen LogP contribution in [-0.2, 0) is 25.9 Å². The minimum Gasteiger partial charge on any atom is -0.384 e. The first-order valence-corrected chi connectivity index (χ1v) is 11.3. The number of hydrogen-bond acceptors (Lipinski definition) is 7. The van der Waals surface area contributed by atoms with Crippen molar-refractivity contribution >= 4 is 21.8 Å². The molecule has 2 amide bonds. The van der Waals surface area contributed by atoms with E-state index >= 15 is 0 Å². The van der Waals surface area contributed by atoms with Crippen LogP contribution in [0.15, 0.2) is 12.3 Å². The van der Waals surface area contributed by atoms with Gasteiger partial charge in [-0.15, -0.1) is 0 Å². The van der Waals surface area contributed by atoms with E-state index in [-0.39, 0.29) is 45.2 Å². The number of carbonyl (C=O) groups is 2. The second kappa shape index (κ2) is 8.36. The van der Waals surface area contributed by atoms with Crippen molar-refractivity contribution in [2.24, 2.45) is 0 Å². The van der Waals surface area contributed by atoms with Gasteiger partial charge in [-0.25, -0.2) is 18.7 Å². The maximum absolute atomic E-state index is 12.6. The molecule has 3 N–H and O–H groups in total. The van der Waals surface area contributed by atoms with Crippen LogP contribution in [0.1, 0.15) is 31.0 Å². The molecule has 1 unspecified atom stereocenters. The Morgan fingerprint density at radius 3 is 2.65 bits per heavy atom. The zero-order valence-electron chi connectivity index (χ0n) is 17.1. The van der Waals surface area contributed by atoms with Gasteiger partial charge in [0.05, 0.1) is 19.8 Å². The highest BCUT2D eigenvalue weighted by atomic mass is 32.2. The van der Waals surface area contributed by atoms with Gasteiger partial charge >= 0.3 is 6.03 Å². The fourth-order valence-corrected chi connectivity index (χ4v) is 4.04. The van der Waals surface area contributed by atoms with Crippen LogP contribution < -0.4 is 5.48 Å². The highest BCUT2D eigenvalue weighted by Gasteiger charge is 2.44. The molecule has 166 valence electrons. The average molecular weight is 449 g/mol. The molecule has 1 saturated heterocycles. The van der Waals surface area contributed by atoms with Crippen molar-refractivity contribution < 1.29 is 33.1 Å². The van der Waals surface area contributed by atoms with E-state index in [2.05, 4.69) is 23.7 Å². The van der Waals surface area contributed by atoms with Crippen LogP contribution in [0, 0.1) is 23.7 Å². The first kappa shape index (κ1) is 22.8. The fraction of sp³-hybridized carbons (Fsp3) is 0.500. The summed E-state index contributed by atoms with van der Waals surface area (Å²) in [6.45, 7) is 2.00. The molecule has 1 aromatic rings. The smallest absolute Gasteiger partial charge is 0.328 e. The second-order valence-electron chi connectivity index (χ2n) is 7.93. The summed E-state index contributed by atoms with van der Waals surface area (Å²) in [4.78, 5) is 25.9. The molecule has 0 aromatic carbocycles. The molecular weight excluding hydrogens is 426 g/mol. The van der Waals surface area contributed by atoms with E-state index in [0.717, 1.165) is 6.26 Å². The number of sulfone groups is 1. The van der Waals surface area contributed by atoms with Crippen LogP contribution in [0.2, 0.25) is 0 Å². The standard InChI is InChI=1S/C20H23N3O7S/c1-19(17(24)21-27,31(2,28)29)8-9-22-12-16-10-15(11-23(16)18(22)25)6-4-3-5-7-20(26)13-30-14-20/h10-11,26-27H,7-9,12-14H2,1-2H3,(H,21,24). The minimum absolute atomic E-state index is 0.0105. The molecule has 0 radical (unpaired) electrons. The summed E-state index contributed by atoms with van der Waals surface area (Å²) in [5, 5.41) is 18.7. The zero-order valence-corrected chi connectivity index (χ0v) is 18.0. The van der Waals surface area contributed by atoms with Crippen LogP contribution in [-0.4, -0.2) is 76.5 Å². The molecular formula is C20H23N3O7S. The Kier molecular flexibility index (Phi) is 6.16. The number of rotatable bonds is 6. The molecule has 31 heavy (non-hydrogen) atoms. The maximum Gasteiger partial charge on any atom is 0.328 e. The van der Waals surface area contributed by atoms with Crippen molar-refractivity contribution in [3.8, 4) is 23.7 Å². The predicted molar refractivity (Wildman–Crippen MR) is 108 cm³/mol. The van der Waals surface area contributed by atoms with Gasteiger partial charge in [0.1, 0.15) is 5.60 Å². The van der Waals surface area contributed by atoms with E-state index in [4.69, 9.17) is 9.94 Å². The first-order chi connectivity index (χ1) is 14.5. The normalized spacial score (nSPS) is 18.6. The molecule has 0 saturated carbocycles. The summed E-state index contributed by atoms with van der Waals surface area (Å²) in [5.74, 6) is 9.93. The third-order valence-electron chi connectivity index (χ3n) is 5.50. The summed E-state index contributed by atoms with van der Waals surface area (Å²) < 4.78 is 28.6. The van der Waals surface area contributed by atoms with Crippen LogP contribution in [0.25, 0.3) is 0 Å². The number of ether oxygens (including phenoxy) is 1. The van der Waals surface area contributed by atoms with Crippen molar-refractivity contribution in [1.82, 2.24) is 14.9 Å². The predicted octanol–water partition coefficient (Wildman–Crippen LogP) is -0.523.